The van der Waals surface area contributed by atoms with Crippen LogP contribution >= 0.6 is 0 Å². The van der Waals surface area contributed by atoms with Gasteiger partial charge in [-0.3, -0.25) is 4.79 Å². The van der Waals surface area contributed by atoms with Crippen molar-refractivity contribution in [3.63, 3.8) is 0 Å². The maximum absolute atomic E-state index is 12.4. The Hall–Kier alpha value is -3.23. The predicted octanol–water partition coefficient (Wildman–Crippen LogP) is 1.51. The fourth-order valence-corrected chi connectivity index (χ4v) is 2.94. The highest BCUT2D eigenvalue weighted by Crippen LogP contribution is 2.23. The maximum Gasteiger partial charge on any atom is 0.230 e. The van der Waals surface area contributed by atoms with Crippen molar-refractivity contribution in [3.05, 3.63) is 43.2 Å². The SMILES string of the molecule is O=C(Nc1ccon1)C1CCCN(c2cc(-n3cccn3)ncn2)C1. The lowest BCUT2D eigenvalue weighted by atomic mass is 9.97. The van der Waals surface area contributed by atoms with Crippen LogP contribution in [0.3, 0.4) is 0 Å². The van der Waals surface area contributed by atoms with E-state index in [-0.39, 0.29) is 11.8 Å². The molecule has 0 bridgehead atoms. The van der Waals surface area contributed by atoms with Crippen molar-refractivity contribution in [2.45, 2.75) is 12.8 Å². The number of nitrogens with one attached hydrogen (secondary N) is 1. The van der Waals surface area contributed by atoms with Crippen molar-refractivity contribution in [3.8, 4) is 5.82 Å². The Morgan fingerprint density at radius 3 is 3.04 bits per heavy atom. The van der Waals surface area contributed by atoms with E-state index in [0.717, 1.165) is 25.2 Å². The highest BCUT2D eigenvalue weighted by Gasteiger charge is 2.27. The average Bonchev–Trinajstić information content (AvgIpc) is 3.36. The molecular formula is C16H17N7O2. The van der Waals surface area contributed by atoms with Gasteiger partial charge in [-0.1, -0.05) is 5.16 Å². The highest BCUT2D eigenvalue weighted by atomic mass is 16.5. The molecule has 1 atom stereocenters. The number of nitrogens with zero attached hydrogens (tertiary/aromatic N) is 6. The quantitative estimate of drug-likeness (QED) is 0.768. The zero-order valence-electron chi connectivity index (χ0n) is 13.4. The second kappa shape index (κ2) is 6.71. The lowest BCUT2D eigenvalue weighted by molar-refractivity contribution is -0.120. The molecule has 1 aliphatic rings. The normalized spacial score (nSPS) is 17.4. The first-order chi connectivity index (χ1) is 12.3. The third-order valence-corrected chi connectivity index (χ3v) is 4.18. The summed E-state index contributed by atoms with van der Waals surface area (Å²) in [5, 5.41) is 10.7. The first-order valence-electron chi connectivity index (χ1n) is 8.08. The first kappa shape index (κ1) is 15.3. The number of piperidine rings is 1. The van der Waals surface area contributed by atoms with E-state index in [0.29, 0.717) is 18.2 Å². The van der Waals surface area contributed by atoms with Gasteiger partial charge in [-0.2, -0.15) is 5.10 Å². The first-order valence-corrected chi connectivity index (χ1v) is 8.08. The topological polar surface area (TPSA) is 102 Å². The van der Waals surface area contributed by atoms with E-state index in [1.807, 2.05) is 18.3 Å². The highest BCUT2D eigenvalue weighted by molar-refractivity contribution is 5.92. The molecule has 1 amide bonds. The Labute approximate surface area is 143 Å². The van der Waals surface area contributed by atoms with Crippen LogP contribution in [0.1, 0.15) is 12.8 Å². The van der Waals surface area contributed by atoms with E-state index in [4.69, 9.17) is 4.52 Å². The molecule has 4 heterocycles. The fourth-order valence-electron chi connectivity index (χ4n) is 2.94. The van der Waals surface area contributed by atoms with Gasteiger partial charge >= 0.3 is 0 Å². The van der Waals surface area contributed by atoms with Crippen molar-refractivity contribution in [1.29, 1.82) is 0 Å². The summed E-state index contributed by atoms with van der Waals surface area (Å²) in [6.07, 6.45) is 8.23. The number of hydrogen-bond donors (Lipinski definition) is 1. The van der Waals surface area contributed by atoms with Crippen LogP contribution in [0.4, 0.5) is 11.6 Å². The maximum atomic E-state index is 12.4. The zero-order valence-corrected chi connectivity index (χ0v) is 13.4. The Morgan fingerprint density at radius 2 is 2.24 bits per heavy atom. The van der Waals surface area contributed by atoms with Gasteiger partial charge in [-0.25, -0.2) is 14.6 Å². The molecule has 0 spiro atoms. The van der Waals surface area contributed by atoms with Crippen LogP contribution in [-0.4, -0.2) is 43.9 Å². The molecular weight excluding hydrogens is 322 g/mol. The molecule has 0 radical (unpaired) electrons. The number of anilines is 2. The van der Waals surface area contributed by atoms with E-state index in [9.17, 15) is 4.79 Å². The van der Waals surface area contributed by atoms with Gasteiger partial charge in [0.1, 0.15) is 18.4 Å². The molecule has 4 rings (SSSR count). The summed E-state index contributed by atoms with van der Waals surface area (Å²) >= 11 is 0. The molecule has 0 saturated carbocycles. The van der Waals surface area contributed by atoms with Gasteiger partial charge in [0.15, 0.2) is 11.6 Å². The molecule has 0 aliphatic carbocycles. The largest absolute Gasteiger partial charge is 0.363 e. The van der Waals surface area contributed by atoms with E-state index < -0.39 is 0 Å². The molecule has 9 nitrogen and oxygen atoms in total. The third-order valence-electron chi connectivity index (χ3n) is 4.18. The van der Waals surface area contributed by atoms with Gasteiger partial charge < -0.3 is 14.7 Å². The van der Waals surface area contributed by atoms with Crippen molar-refractivity contribution < 1.29 is 9.32 Å². The molecule has 0 aromatic carbocycles. The Balaban J connectivity index is 1.48. The van der Waals surface area contributed by atoms with Crippen molar-refractivity contribution in [2.24, 2.45) is 5.92 Å². The zero-order chi connectivity index (χ0) is 17.1. The smallest absolute Gasteiger partial charge is 0.230 e. The monoisotopic (exact) mass is 339 g/mol. The Kier molecular flexibility index (Phi) is 4.11. The molecule has 1 N–H and O–H groups in total. The summed E-state index contributed by atoms with van der Waals surface area (Å²) in [5.41, 5.74) is 0. The number of rotatable bonds is 4. The number of carbonyl (C=O) groups is 1. The van der Waals surface area contributed by atoms with Gasteiger partial charge in [0.25, 0.3) is 0 Å². The van der Waals surface area contributed by atoms with Crippen molar-refractivity contribution in [2.75, 3.05) is 23.3 Å². The second-order valence-electron chi connectivity index (χ2n) is 5.84. The van der Waals surface area contributed by atoms with Gasteiger partial charge in [-0.05, 0) is 18.9 Å². The standard InChI is InChI=1S/C16H17N7O2/c24-16(20-13-4-8-25-21-13)12-3-1-6-22(10-12)14-9-15(18-11-17-14)23-7-2-5-19-23/h2,4-5,7-9,11-12H,1,3,6,10H2,(H,20,21,24). The molecule has 25 heavy (non-hydrogen) atoms. The van der Waals surface area contributed by atoms with E-state index in [1.165, 1.54) is 12.6 Å². The Morgan fingerprint density at radius 1 is 1.32 bits per heavy atom. The molecule has 1 saturated heterocycles. The summed E-state index contributed by atoms with van der Waals surface area (Å²) in [7, 11) is 0. The van der Waals surface area contributed by atoms with Gasteiger partial charge in [-0.15, -0.1) is 0 Å². The lowest BCUT2D eigenvalue weighted by Crippen LogP contribution is -2.41. The van der Waals surface area contributed by atoms with E-state index in [2.05, 4.69) is 30.4 Å². The van der Waals surface area contributed by atoms with Crippen LogP contribution in [0, 0.1) is 5.92 Å². The lowest BCUT2D eigenvalue weighted by Gasteiger charge is -2.32. The van der Waals surface area contributed by atoms with Gasteiger partial charge in [0.2, 0.25) is 5.91 Å². The average molecular weight is 339 g/mol. The van der Waals surface area contributed by atoms with Gasteiger partial charge in [0, 0.05) is 37.6 Å². The van der Waals surface area contributed by atoms with Crippen LogP contribution in [0.5, 0.6) is 0 Å². The van der Waals surface area contributed by atoms with Crippen molar-refractivity contribution >= 4 is 17.5 Å². The van der Waals surface area contributed by atoms with Gasteiger partial charge in [0.05, 0.1) is 5.92 Å². The number of aromatic nitrogens is 5. The third kappa shape index (κ3) is 3.35. The fraction of sp³-hybridized carbons (Fsp3) is 0.312. The summed E-state index contributed by atoms with van der Waals surface area (Å²) in [4.78, 5) is 23.1. The molecule has 128 valence electrons. The van der Waals surface area contributed by atoms with Crippen LogP contribution < -0.4 is 10.2 Å². The van der Waals surface area contributed by atoms with E-state index in [1.54, 1.807) is 16.9 Å². The minimum Gasteiger partial charge on any atom is -0.363 e. The summed E-state index contributed by atoms with van der Waals surface area (Å²) in [5.74, 6) is 1.74. The number of carbonyl (C=O) groups excluding carboxylic acids is 1. The molecule has 1 unspecified atom stereocenters. The Bertz CT molecular complexity index is 832. The molecule has 1 aliphatic heterocycles. The number of hydrogen-bond acceptors (Lipinski definition) is 7. The second-order valence-corrected chi connectivity index (χ2v) is 5.84. The van der Waals surface area contributed by atoms with Crippen LogP contribution in [0.2, 0.25) is 0 Å². The minimum absolute atomic E-state index is 0.0556. The number of amides is 1. The van der Waals surface area contributed by atoms with Crippen LogP contribution in [0.25, 0.3) is 5.82 Å². The van der Waals surface area contributed by atoms with E-state index >= 15 is 0 Å². The minimum atomic E-state index is -0.131. The van der Waals surface area contributed by atoms with Crippen molar-refractivity contribution in [1.82, 2.24) is 24.9 Å². The molecule has 9 heteroatoms. The summed E-state index contributed by atoms with van der Waals surface area (Å²) in [6.45, 7) is 1.45. The molecule has 3 aromatic rings. The van der Waals surface area contributed by atoms with Crippen LogP contribution in [-0.2, 0) is 4.79 Å². The molecule has 3 aromatic heterocycles. The summed E-state index contributed by atoms with van der Waals surface area (Å²) in [6, 6.07) is 5.34. The van der Waals surface area contributed by atoms with Crippen LogP contribution in [0.15, 0.2) is 47.7 Å². The molecule has 1 fully saturated rings. The summed E-state index contributed by atoms with van der Waals surface area (Å²) < 4.78 is 6.43. The predicted molar refractivity (Wildman–Crippen MR) is 89.2 cm³/mol.